The highest BCUT2D eigenvalue weighted by Gasteiger charge is 2.53. The second-order valence-electron chi connectivity index (χ2n) is 7.23. The molecule has 8 heteroatoms. The third kappa shape index (κ3) is 3.43. The number of nitrogens with zero attached hydrogens (tertiary/aromatic N) is 1. The number of hydrogen-bond donors (Lipinski definition) is 1. The molecule has 1 heterocycles. The van der Waals surface area contributed by atoms with E-state index < -0.39 is 27.3 Å². The maximum atomic E-state index is 13.2. The first kappa shape index (κ1) is 20.4. The van der Waals surface area contributed by atoms with Gasteiger partial charge in [0.25, 0.3) is 0 Å². The van der Waals surface area contributed by atoms with E-state index in [9.17, 15) is 21.6 Å². The Balaban J connectivity index is 2.16. The van der Waals surface area contributed by atoms with Crippen LogP contribution in [0.5, 0.6) is 0 Å². The Morgan fingerprint density at radius 3 is 2.22 bits per heavy atom. The lowest BCUT2D eigenvalue weighted by Gasteiger charge is -2.40. The Morgan fingerprint density at radius 1 is 1.11 bits per heavy atom. The first-order valence-corrected chi connectivity index (χ1v) is 10.7. The van der Waals surface area contributed by atoms with Crippen molar-refractivity contribution in [3.63, 3.8) is 0 Å². The summed E-state index contributed by atoms with van der Waals surface area (Å²) in [7, 11) is -2.16. The van der Waals surface area contributed by atoms with E-state index in [1.807, 2.05) is 6.92 Å². The zero-order chi connectivity index (χ0) is 19.9. The third-order valence-electron chi connectivity index (χ3n) is 5.76. The second-order valence-corrected chi connectivity index (χ2v) is 9.13. The minimum atomic E-state index is -4.45. The quantitative estimate of drug-likeness (QED) is 0.828. The van der Waals surface area contributed by atoms with E-state index in [-0.39, 0.29) is 4.91 Å². The zero-order valence-electron chi connectivity index (χ0n) is 15.6. The molecule has 0 bridgehead atoms. The maximum Gasteiger partial charge on any atom is 0.416 e. The lowest BCUT2D eigenvalue weighted by molar-refractivity contribution is -0.137. The average Bonchev–Trinajstić information content (AvgIpc) is 2.78. The van der Waals surface area contributed by atoms with E-state index in [1.54, 1.807) is 7.05 Å². The number of sulfonamides is 1. The van der Waals surface area contributed by atoms with Crippen LogP contribution in [0.3, 0.4) is 0 Å². The predicted octanol–water partition coefficient (Wildman–Crippen LogP) is 4.00. The van der Waals surface area contributed by atoms with Crippen LogP contribution in [0.1, 0.15) is 50.2 Å². The van der Waals surface area contributed by atoms with Gasteiger partial charge in [-0.2, -0.15) is 17.5 Å². The fourth-order valence-electron chi connectivity index (χ4n) is 4.31. The van der Waals surface area contributed by atoms with E-state index >= 15 is 0 Å². The maximum absolute atomic E-state index is 13.2. The molecule has 1 aromatic carbocycles. The summed E-state index contributed by atoms with van der Waals surface area (Å²) in [5.74, 6) is 0. The van der Waals surface area contributed by atoms with E-state index in [2.05, 4.69) is 5.32 Å². The molecule has 0 unspecified atom stereocenters. The minimum absolute atomic E-state index is 0.168. The lowest BCUT2D eigenvalue weighted by Crippen LogP contribution is -2.48. The van der Waals surface area contributed by atoms with Gasteiger partial charge in [0, 0.05) is 13.6 Å². The van der Waals surface area contributed by atoms with Gasteiger partial charge in [-0.3, -0.25) is 0 Å². The van der Waals surface area contributed by atoms with Gasteiger partial charge >= 0.3 is 6.18 Å². The molecule has 1 aliphatic carbocycles. The highest BCUT2D eigenvalue weighted by molar-refractivity contribution is 7.98. The van der Waals surface area contributed by atoms with Crippen LogP contribution >= 0.6 is 0 Å². The Morgan fingerprint density at radius 2 is 1.70 bits per heavy atom. The van der Waals surface area contributed by atoms with Crippen molar-refractivity contribution in [2.24, 2.45) is 0 Å². The van der Waals surface area contributed by atoms with Gasteiger partial charge in [-0.25, -0.2) is 8.42 Å². The van der Waals surface area contributed by atoms with Crippen molar-refractivity contribution in [2.75, 3.05) is 20.1 Å². The fourth-order valence-corrected chi connectivity index (χ4v) is 6.34. The first-order valence-electron chi connectivity index (χ1n) is 9.25. The van der Waals surface area contributed by atoms with E-state index in [4.69, 9.17) is 0 Å². The number of hydrogen-bond acceptors (Lipinski definition) is 3. The van der Waals surface area contributed by atoms with Gasteiger partial charge in [0.2, 0.25) is 10.0 Å². The molecule has 0 atom stereocenters. The Bertz CT molecular complexity index is 824. The van der Waals surface area contributed by atoms with Gasteiger partial charge in [-0.05, 0) is 42.7 Å². The van der Waals surface area contributed by atoms with Crippen molar-refractivity contribution in [3.8, 4) is 0 Å². The molecule has 0 aromatic heterocycles. The summed E-state index contributed by atoms with van der Waals surface area (Å²) in [4.78, 5) is 0.168. The van der Waals surface area contributed by atoms with E-state index in [1.165, 1.54) is 16.4 Å². The molecule has 1 N–H and O–H groups in total. The van der Waals surface area contributed by atoms with Gasteiger partial charge < -0.3 is 5.32 Å². The second kappa shape index (κ2) is 7.22. The number of likely N-dealkylation sites (N-methyl/N-ethyl adjacent to an activating group) is 2. The van der Waals surface area contributed by atoms with Crippen LogP contribution in [-0.2, 0) is 16.2 Å². The highest BCUT2D eigenvalue weighted by Crippen LogP contribution is 2.50. The third-order valence-corrected chi connectivity index (χ3v) is 7.83. The number of benzene rings is 1. The Hall–Kier alpha value is -1.38. The number of nitrogens with one attached hydrogen (secondary N) is 1. The van der Waals surface area contributed by atoms with Crippen LogP contribution in [0.15, 0.2) is 29.8 Å². The molecule has 150 valence electrons. The van der Waals surface area contributed by atoms with Crippen molar-refractivity contribution < 1.29 is 21.6 Å². The van der Waals surface area contributed by atoms with Crippen LogP contribution < -0.4 is 5.32 Å². The highest BCUT2D eigenvalue weighted by atomic mass is 32.2. The summed E-state index contributed by atoms with van der Waals surface area (Å²) in [5.41, 5.74) is -0.246. The van der Waals surface area contributed by atoms with E-state index in [0.717, 1.165) is 49.8 Å². The number of alkyl halides is 3. The van der Waals surface area contributed by atoms with Crippen molar-refractivity contribution >= 4 is 14.9 Å². The van der Waals surface area contributed by atoms with Crippen molar-refractivity contribution in [1.82, 2.24) is 9.62 Å². The van der Waals surface area contributed by atoms with Gasteiger partial charge in [-0.15, -0.1) is 0 Å². The SMILES string of the molecule is CCNCC1=C(c2ccc(C(F)(F)F)cc2)S(=O)(=O)N(C)C12CCCCC2. The molecular formula is C19H25F3N2O2S. The molecule has 1 spiro atoms. The fraction of sp³-hybridized carbons (Fsp3) is 0.579. The normalized spacial score (nSPS) is 22.6. The zero-order valence-corrected chi connectivity index (χ0v) is 16.4. The first-order chi connectivity index (χ1) is 12.6. The molecule has 4 nitrogen and oxygen atoms in total. The molecule has 2 aliphatic rings. The van der Waals surface area contributed by atoms with Crippen LogP contribution in [0.4, 0.5) is 13.2 Å². The smallest absolute Gasteiger partial charge is 0.313 e. The topological polar surface area (TPSA) is 49.4 Å². The molecule has 3 rings (SSSR count). The van der Waals surface area contributed by atoms with Crippen molar-refractivity contribution in [1.29, 1.82) is 0 Å². The Labute approximate surface area is 158 Å². The summed E-state index contributed by atoms with van der Waals surface area (Å²) in [6, 6.07) is 4.46. The van der Waals surface area contributed by atoms with Gasteiger partial charge in [0.1, 0.15) is 0 Å². The molecule has 0 radical (unpaired) electrons. The molecular weight excluding hydrogens is 377 g/mol. The molecule has 1 fully saturated rings. The predicted molar refractivity (Wildman–Crippen MR) is 99.4 cm³/mol. The molecule has 1 aromatic rings. The summed E-state index contributed by atoms with van der Waals surface area (Å²) < 4.78 is 66.6. The largest absolute Gasteiger partial charge is 0.416 e. The average molecular weight is 402 g/mol. The van der Waals surface area contributed by atoms with Crippen LogP contribution in [-0.4, -0.2) is 38.4 Å². The Kier molecular flexibility index (Phi) is 5.44. The van der Waals surface area contributed by atoms with Gasteiger partial charge in [-0.1, -0.05) is 38.3 Å². The van der Waals surface area contributed by atoms with E-state index in [0.29, 0.717) is 18.7 Å². The monoisotopic (exact) mass is 402 g/mol. The van der Waals surface area contributed by atoms with Crippen molar-refractivity contribution in [3.05, 3.63) is 41.0 Å². The summed E-state index contributed by atoms with van der Waals surface area (Å²) >= 11 is 0. The summed E-state index contributed by atoms with van der Waals surface area (Å²) in [6.07, 6.45) is -0.0120. The van der Waals surface area contributed by atoms with Gasteiger partial charge in [0.05, 0.1) is 16.0 Å². The number of rotatable bonds is 4. The van der Waals surface area contributed by atoms with Crippen LogP contribution in [0.2, 0.25) is 0 Å². The molecule has 1 aliphatic heterocycles. The standard InChI is InChI=1S/C19H25F3N2O2S/c1-3-23-13-16-17(14-7-9-15(10-8-14)19(20,21)22)27(25,26)24(2)18(16)11-5-4-6-12-18/h7-10,23H,3-6,11-13H2,1-2H3. The summed E-state index contributed by atoms with van der Waals surface area (Å²) in [6.45, 7) is 3.04. The van der Waals surface area contributed by atoms with Crippen molar-refractivity contribution in [2.45, 2.75) is 50.7 Å². The molecule has 27 heavy (non-hydrogen) atoms. The lowest BCUT2D eigenvalue weighted by atomic mass is 9.75. The van der Waals surface area contributed by atoms with Gasteiger partial charge in [0.15, 0.2) is 0 Å². The number of halogens is 3. The molecule has 0 amide bonds. The molecule has 0 saturated heterocycles. The summed E-state index contributed by atoms with van der Waals surface area (Å²) in [5, 5.41) is 3.23. The molecule has 1 saturated carbocycles. The minimum Gasteiger partial charge on any atom is -0.313 e. The van der Waals surface area contributed by atoms with Crippen LogP contribution in [0.25, 0.3) is 4.91 Å². The van der Waals surface area contributed by atoms with Crippen LogP contribution in [0, 0.1) is 0 Å².